The van der Waals surface area contributed by atoms with E-state index in [2.05, 4.69) is 21.2 Å². The maximum absolute atomic E-state index is 9.13. The first-order valence-electron chi connectivity index (χ1n) is 6.28. The summed E-state index contributed by atoms with van der Waals surface area (Å²) in [6.07, 6.45) is 0. The average molecular weight is 336 g/mol. The summed E-state index contributed by atoms with van der Waals surface area (Å²) >= 11 is 3.48. The largest absolute Gasteiger partial charge is 0.454 e. The van der Waals surface area contributed by atoms with Crippen molar-refractivity contribution in [2.24, 2.45) is 0 Å². The van der Waals surface area contributed by atoms with Crippen LogP contribution in [0.4, 0.5) is 5.69 Å². The van der Waals surface area contributed by atoms with Crippen molar-refractivity contribution in [2.75, 3.05) is 12.1 Å². The second-order valence-electron chi connectivity index (χ2n) is 4.52. The molecule has 2 N–H and O–H groups in total. The molecule has 0 aromatic heterocycles. The summed E-state index contributed by atoms with van der Waals surface area (Å²) in [6, 6.07) is 11.7. The third-order valence-electron chi connectivity index (χ3n) is 3.09. The zero-order chi connectivity index (χ0) is 13.9. The topological polar surface area (TPSA) is 50.7 Å². The zero-order valence-electron chi connectivity index (χ0n) is 10.7. The number of rotatable bonds is 4. The molecular formula is C15H14BrNO3. The van der Waals surface area contributed by atoms with Crippen LogP contribution in [0.1, 0.15) is 11.1 Å². The van der Waals surface area contributed by atoms with Crippen LogP contribution in [0, 0.1) is 0 Å². The Kier molecular flexibility index (Phi) is 3.80. The molecule has 2 aromatic carbocycles. The third-order valence-corrected chi connectivity index (χ3v) is 3.68. The minimum Gasteiger partial charge on any atom is -0.454 e. The number of fused-ring (bicyclic) bond motifs is 1. The number of anilines is 1. The van der Waals surface area contributed by atoms with Crippen LogP contribution in [0.25, 0.3) is 0 Å². The van der Waals surface area contributed by atoms with Gasteiger partial charge in [-0.2, -0.15) is 0 Å². The molecule has 0 amide bonds. The minimum absolute atomic E-state index is 0.0467. The number of aliphatic hydroxyl groups is 1. The second-order valence-corrected chi connectivity index (χ2v) is 5.38. The van der Waals surface area contributed by atoms with Crippen LogP contribution in [-0.4, -0.2) is 11.9 Å². The molecule has 104 valence electrons. The van der Waals surface area contributed by atoms with Gasteiger partial charge in [0, 0.05) is 12.2 Å². The van der Waals surface area contributed by atoms with Gasteiger partial charge in [-0.25, -0.2) is 0 Å². The van der Waals surface area contributed by atoms with E-state index in [1.54, 1.807) is 0 Å². The number of benzene rings is 2. The summed E-state index contributed by atoms with van der Waals surface area (Å²) in [5.41, 5.74) is 2.96. The van der Waals surface area contributed by atoms with Gasteiger partial charge in [-0.05, 0) is 51.3 Å². The highest BCUT2D eigenvalue weighted by molar-refractivity contribution is 9.10. The number of hydrogen-bond donors (Lipinski definition) is 2. The number of halogens is 1. The molecule has 0 spiro atoms. The van der Waals surface area contributed by atoms with Gasteiger partial charge >= 0.3 is 0 Å². The first kappa shape index (κ1) is 13.3. The van der Waals surface area contributed by atoms with Crippen molar-refractivity contribution in [2.45, 2.75) is 13.2 Å². The van der Waals surface area contributed by atoms with Gasteiger partial charge in [0.25, 0.3) is 0 Å². The first-order valence-corrected chi connectivity index (χ1v) is 7.07. The van der Waals surface area contributed by atoms with E-state index in [9.17, 15) is 0 Å². The van der Waals surface area contributed by atoms with Gasteiger partial charge < -0.3 is 19.9 Å². The van der Waals surface area contributed by atoms with Crippen molar-refractivity contribution in [3.8, 4) is 11.5 Å². The number of ether oxygens (including phenoxy) is 2. The minimum atomic E-state index is 0.0467. The van der Waals surface area contributed by atoms with E-state index < -0.39 is 0 Å². The van der Waals surface area contributed by atoms with Crippen LogP contribution in [0.15, 0.2) is 40.9 Å². The number of hydrogen-bond acceptors (Lipinski definition) is 4. The number of nitrogens with one attached hydrogen (secondary N) is 1. The molecule has 0 fully saturated rings. The maximum atomic E-state index is 9.13. The summed E-state index contributed by atoms with van der Waals surface area (Å²) in [6.45, 7) is 0.985. The Morgan fingerprint density at radius 1 is 1.15 bits per heavy atom. The lowest BCUT2D eigenvalue weighted by Crippen LogP contribution is -2.00. The molecule has 1 aliphatic heterocycles. The van der Waals surface area contributed by atoms with Crippen molar-refractivity contribution < 1.29 is 14.6 Å². The molecule has 20 heavy (non-hydrogen) atoms. The van der Waals surface area contributed by atoms with Crippen molar-refractivity contribution >= 4 is 21.6 Å². The Morgan fingerprint density at radius 2 is 2.05 bits per heavy atom. The highest BCUT2D eigenvalue weighted by Gasteiger charge is 2.17. The average Bonchev–Trinajstić information content (AvgIpc) is 2.94. The van der Waals surface area contributed by atoms with Crippen molar-refractivity contribution in [3.63, 3.8) is 0 Å². The van der Waals surface area contributed by atoms with Crippen molar-refractivity contribution in [1.82, 2.24) is 0 Å². The monoisotopic (exact) mass is 335 g/mol. The Labute approximate surface area is 125 Å². The summed E-state index contributed by atoms with van der Waals surface area (Å²) < 4.78 is 11.7. The van der Waals surface area contributed by atoms with E-state index in [0.717, 1.165) is 32.8 Å². The van der Waals surface area contributed by atoms with E-state index in [-0.39, 0.29) is 13.4 Å². The normalized spacial score (nSPS) is 12.5. The van der Waals surface area contributed by atoms with E-state index in [4.69, 9.17) is 14.6 Å². The molecule has 4 nitrogen and oxygen atoms in total. The molecule has 1 aliphatic rings. The van der Waals surface area contributed by atoms with E-state index in [1.165, 1.54) is 0 Å². The molecule has 3 rings (SSSR count). The third kappa shape index (κ3) is 2.73. The van der Waals surface area contributed by atoms with Crippen LogP contribution >= 0.6 is 15.9 Å². The predicted octanol–water partition coefficient (Wildman–Crippen LogP) is 3.28. The smallest absolute Gasteiger partial charge is 0.231 e. The lowest BCUT2D eigenvalue weighted by molar-refractivity contribution is 0.173. The predicted molar refractivity (Wildman–Crippen MR) is 80.0 cm³/mol. The van der Waals surface area contributed by atoms with Crippen LogP contribution in [0.3, 0.4) is 0 Å². The van der Waals surface area contributed by atoms with Gasteiger partial charge in [-0.15, -0.1) is 0 Å². The molecule has 2 aromatic rings. The van der Waals surface area contributed by atoms with Gasteiger partial charge in [0.2, 0.25) is 6.79 Å². The van der Waals surface area contributed by atoms with Gasteiger partial charge in [-0.3, -0.25) is 0 Å². The van der Waals surface area contributed by atoms with Gasteiger partial charge in [0.15, 0.2) is 11.5 Å². The van der Waals surface area contributed by atoms with Gasteiger partial charge in [0.05, 0.1) is 11.1 Å². The second kappa shape index (κ2) is 5.73. The highest BCUT2D eigenvalue weighted by Crippen LogP contribution is 2.40. The molecule has 0 unspecified atom stereocenters. The fourth-order valence-electron chi connectivity index (χ4n) is 2.11. The molecule has 5 heteroatoms. The Morgan fingerprint density at radius 3 is 2.90 bits per heavy atom. The molecule has 0 atom stereocenters. The summed E-state index contributed by atoms with van der Waals surface area (Å²) in [5.74, 6) is 1.52. The van der Waals surface area contributed by atoms with Crippen molar-refractivity contribution in [1.29, 1.82) is 0 Å². The van der Waals surface area contributed by atoms with E-state index in [0.29, 0.717) is 6.54 Å². The van der Waals surface area contributed by atoms with Crippen LogP contribution in [-0.2, 0) is 13.2 Å². The van der Waals surface area contributed by atoms with E-state index >= 15 is 0 Å². The van der Waals surface area contributed by atoms with Crippen LogP contribution < -0.4 is 14.8 Å². The van der Waals surface area contributed by atoms with Gasteiger partial charge in [-0.1, -0.05) is 12.1 Å². The summed E-state index contributed by atoms with van der Waals surface area (Å²) in [5, 5.41) is 12.5. The van der Waals surface area contributed by atoms with E-state index in [1.807, 2.05) is 36.4 Å². The molecule has 0 saturated carbocycles. The molecule has 0 radical (unpaired) electrons. The summed E-state index contributed by atoms with van der Waals surface area (Å²) in [4.78, 5) is 0. The maximum Gasteiger partial charge on any atom is 0.231 e. The Balaban J connectivity index is 1.73. The highest BCUT2D eigenvalue weighted by atomic mass is 79.9. The fraction of sp³-hybridized carbons (Fsp3) is 0.200. The molecule has 0 bridgehead atoms. The quantitative estimate of drug-likeness (QED) is 0.900. The molecule has 0 saturated heterocycles. The lowest BCUT2D eigenvalue weighted by Gasteiger charge is -2.09. The standard InChI is InChI=1S/C15H14BrNO3/c16-13-5-11(6-14-15(13)20-9-19-14)7-17-12-3-1-2-10(4-12)8-18/h1-6,17-18H,7-9H2. The fourth-order valence-corrected chi connectivity index (χ4v) is 2.71. The lowest BCUT2D eigenvalue weighted by atomic mass is 10.1. The van der Waals surface area contributed by atoms with Crippen molar-refractivity contribution in [3.05, 3.63) is 52.0 Å². The first-order chi connectivity index (χ1) is 9.76. The van der Waals surface area contributed by atoms with Crippen LogP contribution in [0.2, 0.25) is 0 Å². The summed E-state index contributed by atoms with van der Waals surface area (Å²) in [7, 11) is 0. The van der Waals surface area contributed by atoms with Gasteiger partial charge in [0.1, 0.15) is 0 Å². The Bertz CT molecular complexity index is 631. The SMILES string of the molecule is OCc1cccc(NCc2cc(Br)c3c(c2)OCO3)c1. The Hall–Kier alpha value is -1.72. The zero-order valence-corrected chi connectivity index (χ0v) is 12.3. The molecular weight excluding hydrogens is 322 g/mol. The van der Waals surface area contributed by atoms with Crippen LogP contribution in [0.5, 0.6) is 11.5 Å². The molecule has 1 heterocycles. The molecule has 0 aliphatic carbocycles. The number of aliphatic hydroxyl groups excluding tert-OH is 1.